The van der Waals surface area contributed by atoms with Crippen LogP contribution in [0, 0.1) is 4.64 Å². The lowest BCUT2D eigenvalue weighted by Crippen LogP contribution is -2.01. The Morgan fingerprint density at radius 3 is 2.77 bits per heavy atom. The molecule has 13 heavy (non-hydrogen) atoms. The number of H-pyrrole nitrogens is 1. The van der Waals surface area contributed by atoms with Crippen LogP contribution in [0.25, 0.3) is 11.0 Å². The molecule has 0 aliphatic rings. The van der Waals surface area contributed by atoms with Crippen LogP contribution in [0.15, 0.2) is 12.1 Å². The smallest absolute Gasteiger partial charge is 0.223 e. The first-order chi connectivity index (χ1) is 6.16. The Bertz CT molecular complexity index is 518. The summed E-state index contributed by atoms with van der Waals surface area (Å²) in [4.78, 5) is 10.7. The van der Waals surface area contributed by atoms with Crippen LogP contribution in [0.1, 0.15) is 0 Å². The molecule has 0 bridgehead atoms. The number of nitrogens with two attached hydrogens (primary N) is 2. The average Bonchev–Trinajstić information content (AvgIpc) is 2.02. The van der Waals surface area contributed by atoms with Crippen molar-refractivity contribution < 1.29 is 0 Å². The highest BCUT2D eigenvalue weighted by Crippen LogP contribution is 2.15. The minimum atomic E-state index is 0.141. The summed E-state index contributed by atoms with van der Waals surface area (Å²) >= 11 is 4.93. The minimum Gasteiger partial charge on any atom is -0.383 e. The number of hydrogen-bond acceptors (Lipinski definition) is 5. The maximum Gasteiger partial charge on any atom is 0.223 e. The molecule has 0 amide bonds. The molecular formula is C7H7N5S. The van der Waals surface area contributed by atoms with E-state index < -0.39 is 0 Å². The molecule has 2 aromatic heterocycles. The highest BCUT2D eigenvalue weighted by atomic mass is 32.1. The van der Waals surface area contributed by atoms with Gasteiger partial charge in [0, 0.05) is 0 Å². The summed E-state index contributed by atoms with van der Waals surface area (Å²) in [5.74, 6) is 0.496. The number of nitrogen functional groups attached to an aromatic ring is 2. The SMILES string of the molecule is Nc1nc(N)c2ccc(=S)[nH]c2n1. The molecule has 0 aliphatic heterocycles. The molecule has 0 spiro atoms. The van der Waals surface area contributed by atoms with Gasteiger partial charge in [-0.3, -0.25) is 0 Å². The second kappa shape index (κ2) is 2.67. The molecule has 66 valence electrons. The Balaban J connectivity index is 2.94. The normalized spacial score (nSPS) is 10.5. The summed E-state index contributed by atoms with van der Waals surface area (Å²) in [7, 11) is 0. The van der Waals surface area contributed by atoms with E-state index in [9.17, 15) is 0 Å². The zero-order valence-electron chi connectivity index (χ0n) is 6.61. The fourth-order valence-corrected chi connectivity index (χ4v) is 1.25. The standard InChI is InChI=1S/C7H7N5S/c8-5-3-1-2-4(13)10-6(3)12-7(9)11-5/h1-2H,(H5,8,9,10,11,12,13). The van der Waals surface area contributed by atoms with Gasteiger partial charge in [0.05, 0.1) is 5.39 Å². The number of pyridine rings is 1. The second-order valence-corrected chi connectivity index (χ2v) is 2.99. The molecule has 0 fully saturated rings. The van der Waals surface area contributed by atoms with E-state index in [4.69, 9.17) is 23.7 Å². The molecule has 5 N–H and O–H groups in total. The number of nitrogens with one attached hydrogen (secondary N) is 1. The van der Waals surface area contributed by atoms with Crippen molar-refractivity contribution in [3.63, 3.8) is 0 Å². The summed E-state index contributed by atoms with van der Waals surface area (Å²) in [5, 5.41) is 0.725. The molecule has 5 nitrogen and oxygen atoms in total. The molecule has 2 aromatic rings. The summed E-state index contributed by atoms with van der Waals surface area (Å²) in [6.07, 6.45) is 0. The van der Waals surface area contributed by atoms with E-state index in [1.165, 1.54) is 0 Å². The predicted molar refractivity (Wildman–Crippen MR) is 53.5 cm³/mol. The maximum absolute atomic E-state index is 5.62. The highest BCUT2D eigenvalue weighted by molar-refractivity contribution is 7.71. The van der Waals surface area contributed by atoms with Crippen LogP contribution in [0.3, 0.4) is 0 Å². The fourth-order valence-electron chi connectivity index (χ4n) is 1.08. The summed E-state index contributed by atoms with van der Waals surface area (Å²) in [6.45, 7) is 0. The lowest BCUT2D eigenvalue weighted by Gasteiger charge is -2.00. The first-order valence-corrected chi connectivity index (χ1v) is 3.99. The third-order valence-corrected chi connectivity index (χ3v) is 1.87. The summed E-state index contributed by atoms with van der Waals surface area (Å²) in [5.41, 5.74) is 11.6. The minimum absolute atomic E-state index is 0.141. The van der Waals surface area contributed by atoms with Gasteiger partial charge in [0.2, 0.25) is 5.95 Å². The van der Waals surface area contributed by atoms with Crippen LogP contribution >= 0.6 is 12.2 Å². The van der Waals surface area contributed by atoms with E-state index in [0.29, 0.717) is 16.1 Å². The van der Waals surface area contributed by atoms with Gasteiger partial charge in [-0.25, -0.2) is 0 Å². The molecule has 2 rings (SSSR count). The van der Waals surface area contributed by atoms with E-state index in [0.717, 1.165) is 5.39 Å². The third-order valence-electron chi connectivity index (χ3n) is 1.64. The topological polar surface area (TPSA) is 93.6 Å². The van der Waals surface area contributed by atoms with Crippen LogP contribution in [0.2, 0.25) is 0 Å². The van der Waals surface area contributed by atoms with Crippen LogP contribution in [0.5, 0.6) is 0 Å². The largest absolute Gasteiger partial charge is 0.383 e. The van der Waals surface area contributed by atoms with Crippen LogP contribution in [-0.2, 0) is 0 Å². The van der Waals surface area contributed by atoms with Gasteiger partial charge in [-0.15, -0.1) is 0 Å². The molecule has 0 radical (unpaired) electrons. The number of nitrogens with zero attached hydrogens (tertiary/aromatic N) is 2. The van der Waals surface area contributed by atoms with Crippen molar-refractivity contribution in [1.82, 2.24) is 15.0 Å². The molecule has 0 saturated carbocycles. The number of rotatable bonds is 0. The van der Waals surface area contributed by atoms with Crippen LogP contribution in [0.4, 0.5) is 11.8 Å². The Morgan fingerprint density at radius 2 is 2.00 bits per heavy atom. The molecule has 6 heteroatoms. The van der Waals surface area contributed by atoms with E-state index in [2.05, 4.69) is 15.0 Å². The Hall–Kier alpha value is -1.69. The zero-order valence-corrected chi connectivity index (χ0v) is 7.43. The quantitative estimate of drug-likeness (QED) is 0.539. The summed E-state index contributed by atoms with van der Waals surface area (Å²) in [6, 6.07) is 3.50. The lowest BCUT2D eigenvalue weighted by atomic mass is 10.3. The monoisotopic (exact) mass is 193 g/mol. The van der Waals surface area contributed by atoms with Gasteiger partial charge in [-0.05, 0) is 12.1 Å². The summed E-state index contributed by atoms with van der Waals surface area (Å²) < 4.78 is 0.588. The maximum atomic E-state index is 5.62. The highest BCUT2D eigenvalue weighted by Gasteiger charge is 2.01. The van der Waals surface area contributed by atoms with Gasteiger partial charge in [0.1, 0.15) is 16.1 Å². The Labute approximate surface area is 78.8 Å². The lowest BCUT2D eigenvalue weighted by molar-refractivity contribution is 1.20. The van der Waals surface area contributed by atoms with Crippen molar-refractivity contribution in [2.45, 2.75) is 0 Å². The molecule has 2 heterocycles. The van der Waals surface area contributed by atoms with Gasteiger partial charge in [0.25, 0.3) is 0 Å². The molecule has 0 unspecified atom stereocenters. The van der Waals surface area contributed by atoms with E-state index >= 15 is 0 Å². The first kappa shape index (κ1) is 7.93. The Morgan fingerprint density at radius 1 is 1.23 bits per heavy atom. The van der Waals surface area contributed by atoms with E-state index in [1.54, 1.807) is 12.1 Å². The van der Waals surface area contributed by atoms with Crippen molar-refractivity contribution in [3.05, 3.63) is 16.8 Å². The second-order valence-electron chi connectivity index (χ2n) is 2.55. The predicted octanol–water partition coefficient (Wildman–Crippen LogP) is 0.852. The zero-order chi connectivity index (χ0) is 9.42. The van der Waals surface area contributed by atoms with E-state index in [1.807, 2.05) is 0 Å². The van der Waals surface area contributed by atoms with Gasteiger partial charge < -0.3 is 16.5 Å². The van der Waals surface area contributed by atoms with Crippen LogP contribution in [-0.4, -0.2) is 15.0 Å². The van der Waals surface area contributed by atoms with Crippen LogP contribution < -0.4 is 11.5 Å². The van der Waals surface area contributed by atoms with Crippen molar-refractivity contribution >= 4 is 35.0 Å². The molecule has 0 saturated heterocycles. The van der Waals surface area contributed by atoms with Crippen molar-refractivity contribution in [1.29, 1.82) is 0 Å². The first-order valence-electron chi connectivity index (χ1n) is 3.59. The van der Waals surface area contributed by atoms with Crippen molar-refractivity contribution in [2.75, 3.05) is 11.5 Å². The Kier molecular flexibility index (Phi) is 1.63. The van der Waals surface area contributed by atoms with E-state index in [-0.39, 0.29) is 5.95 Å². The number of fused-ring (bicyclic) bond motifs is 1. The average molecular weight is 193 g/mol. The number of aromatic nitrogens is 3. The number of anilines is 2. The molecule has 0 aliphatic carbocycles. The van der Waals surface area contributed by atoms with Crippen molar-refractivity contribution in [3.8, 4) is 0 Å². The van der Waals surface area contributed by atoms with Crippen molar-refractivity contribution in [2.24, 2.45) is 0 Å². The van der Waals surface area contributed by atoms with Gasteiger partial charge >= 0.3 is 0 Å². The van der Waals surface area contributed by atoms with Gasteiger partial charge in [0.15, 0.2) is 0 Å². The number of hydrogen-bond donors (Lipinski definition) is 3. The van der Waals surface area contributed by atoms with Gasteiger partial charge in [-0.1, -0.05) is 12.2 Å². The fraction of sp³-hybridized carbons (Fsp3) is 0. The molecule has 0 aromatic carbocycles. The third kappa shape index (κ3) is 1.31. The molecular weight excluding hydrogens is 186 g/mol. The number of aromatic amines is 1. The molecule has 0 atom stereocenters. The van der Waals surface area contributed by atoms with Gasteiger partial charge in [-0.2, -0.15) is 9.97 Å².